The quantitative estimate of drug-likeness (QED) is 0.168. The monoisotopic (exact) mass is 826 g/mol. The third kappa shape index (κ3) is 6.03. The van der Waals surface area contributed by atoms with Gasteiger partial charge in [-0.1, -0.05) is 212 Å². The van der Waals surface area contributed by atoms with Crippen LogP contribution in [0.3, 0.4) is 0 Å². The molecule has 0 unspecified atom stereocenters. The molecule has 13 aromatic rings. The molecule has 302 valence electrons. The lowest BCUT2D eigenvalue weighted by molar-refractivity contribution is 1.08. The number of hydrogen-bond acceptors (Lipinski definition) is 3. The van der Waals surface area contributed by atoms with E-state index in [4.69, 9.17) is 15.0 Å². The van der Waals surface area contributed by atoms with Crippen LogP contribution in [0, 0.1) is 0 Å². The van der Waals surface area contributed by atoms with Crippen LogP contribution >= 0.6 is 0 Å². The third-order valence-corrected chi connectivity index (χ3v) is 13.0. The molecule has 0 saturated carbocycles. The highest BCUT2D eigenvalue weighted by atomic mass is 15.0. The summed E-state index contributed by atoms with van der Waals surface area (Å²) < 4.78 is 2.56. The van der Waals surface area contributed by atoms with E-state index in [-0.39, 0.29) is 0 Å². The van der Waals surface area contributed by atoms with Crippen LogP contribution in [0.4, 0.5) is 0 Å². The van der Waals surface area contributed by atoms with E-state index in [1.165, 1.54) is 43.2 Å². The zero-order valence-corrected chi connectivity index (χ0v) is 35.2. The molecule has 2 aromatic heterocycles. The van der Waals surface area contributed by atoms with Gasteiger partial charge in [-0.2, -0.15) is 0 Å². The Balaban J connectivity index is 1.24. The molecule has 4 heteroatoms. The van der Waals surface area contributed by atoms with E-state index >= 15 is 0 Å². The van der Waals surface area contributed by atoms with Crippen molar-refractivity contribution in [1.29, 1.82) is 0 Å². The lowest BCUT2D eigenvalue weighted by Gasteiger charge is -2.25. The van der Waals surface area contributed by atoms with Gasteiger partial charge in [0.2, 0.25) is 0 Å². The fraction of sp³-hybridized carbons (Fsp3) is 0. The average Bonchev–Trinajstić information content (AvgIpc) is 3.70. The van der Waals surface area contributed by atoms with Gasteiger partial charge in [0, 0.05) is 49.4 Å². The van der Waals surface area contributed by atoms with Gasteiger partial charge in [-0.3, -0.25) is 0 Å². The Morgan fingerprint density at radius 2 is 0.754 bits per heavy atom. The minimum Gasteiger partial charge on any atom is -0.307 e. The summed E-state index contributed by atoms with van der Waals surface area (Å²) in [7, 11) is 0. The van der Waals surface area contributed by atoms with Crippen molar-refractivity contribution in [2.45, 2.75) is 0 Å². The average molecular weight is 827 g/mol. The zero-order chi connectivity index (χ0) is 42.8. The van der Waals surface area contributed by atoms with Gasteiger partial charge in [-0.25, -0.2) is 15.0 Å². The number of aromatic nitrogens is 4. The van der Waals surface area contributed by atoms with Gasteiger partial charge < -0.3 is 4.57 Å². The normalized spacial score (nSPS) is 11.7. The Bertz CT molecular complexity index is 3990. The molecular formula is C61H38N4. The van der Waals surface area contributed by atoms with Crippen LogP contribution in [-0.4, -0.2) is 19.5 Å². The highest BCUT2D eigenvalue weighted by Crippen LogP contribution is 2.51. The fourth-order valence-corrected chi connectivity index (χ4v) is 10.0. The molecule has 13 rings (SSSR count). The standard InChI is InChI=1S/C61H38N4/c1-4-20-41(21-5-1)54-55(42-22-6-2-7-23-42)58(65-53-38-46-28-13-12-27-45(46)37-52(53)51-35-34-40-19-14-15-29-48(40)57(51)65)50-31-17-16-30-49(50)56(54)61-63-59(43-24-8-3-9-25-43)62-60(64-61)47-33-32-39-18-10-11-26-44(39)36-47/h1-38H. The first-order chi connectivity index (χ1) is 32.2. The summed E-state index contributed by atoms with van der Waals surface area (Å²) in [5.74, 6) is 1.85. The molecule has 0 aliphatic carbocycles. The Kier molecular flexibility index (Phi) is 8.50. The highest BCUT2D eigenvalue weighted by molar-refractivity contribution is 6.23. The molecule has 0 fully saturated rings. The second kappa shape index (κ2) is 15.0. The SMILES string of the molecule is c1ccc(-c2nc(-c3ccc4ccccc4c3)nc(-c3c(-c4ccccc4)c(-c4ccccc4)c(-n4c5cc6ccccc6cc5c5ccc6ccccc6c54)c4ccccc34)n2)cc1. The smallest absolute Gasteiger partial charge is 0.165 e. The van der Waals surface area contributed by atoms with Crippen LogP contribution in [0.5, 0.6) is 0 Å². The topological polar surface area (TPSA) is 43.6 Å². The second-order valence-corrected chi connectivity index (χ2v) is 16.7. The van der Waals surface area contributed by atoms with Crippen molar-refractivity contribution in [3.63, 3.8) is 0 Å². The lowest BCUT2D eigenvalue weighted by Crippen LogP contribution is -2.06. The molecule has 0 aliphatic rings. The van der Waals surface area contributed by atoms with Gasteiger partial charge >= 0.3 is 0 Å². The maximum Gasteiger partial charge on any atom is 0.165 e. The van der Waals surface area contributed by atoms with Crippen LogP contribution in [0.25, 0.3) is 127 Å². The summed E-state index contributed by atoms with van der Waals surface area (Å²) in [6.07, 6.45) is 0. The molecule has 0 radical (unpaired) electrons. The van der Waals surface area contributed by atoms with Crippen LogP contribution in [-0.2, 0) is 0 Å². The van der Waals surface area contributed by atoms with Crippen molar-refractivity contribution >= 4 is 64.9 Å². The van der Waals surface area contributed by atoms with Crippen LogP contribution in [0.2, 0.25) is 0 Å². The van der Waals surface area contributed by atoms with E-state index in [0.717, 1.165) is 66.3 Å². The predicted molar refractivity (Wildman–Crippen MR) is 271 cm³/mol. The Hall–Kier alpha value is -8.73. The molecule has 0 spiro atoms. The molecule has 0 atom stereocenters. The predicted octanol–water partition coefficient (Wildman–Crippen LogP) is 15.9. The van der Waals surface area contributed by atoms with E-state index in [1.54, 1.807) is 0 Å². The summed E-state index contributed by atoms with van der Waals surface area (Å²) in [6, 6.07) is 82.5. The number of rotatable bonds is 6. The molecule has 0 bridgehead atoms. The second-order valence-electron chi connectivity index (χ2n) is 16.7. The minimum atomic E-state index is 0.611. The van der Waals surface area contributed by atoms with E-state index in [2.05, 4.69) is 217 Å². The molecule has 11 aromatic carbocycles. The van der Waals surface area contributed by atoms with E-state index in [1.807, 2.05) is 18.2 Å². The largest absolute Gasteiger partial charge is 0.307 e. The van der Waals surface area contributed by atoms with Crippen LogP contribution in [0.15, 0.2) is 231 Å². The first-order valence-electron chi connectivity index (χ1n) is 22.1. The van der Waals surface area contributed by atoms with E-state index < -0.39 is 0 Å². The van der Waals surface area contributed by atoms with Gasteiger partial charge in [0.25, 0.3) is 0 Å². The third-order valence-electron chi connectivity index (χ3n) is 13.0. The molecule has 4 nitrogen and oxygen atoms in total. The van der Waals surface area contributed by atoms with Crippen molar-refractivity contribution in [3.05, 3.63) is 231 Å². The van der Waals surface area contributed by atoms with Crippen molar-refractivity contribution < 1.29 is 0 Å². The van der Waals surface area contributed by atoms with Gasteiger partial charge in [0.15, 0.2) is 17.5 Å². The Labute approximate surface area is 375 Å². The van der Waals surface area contributed by atoms with Crippen molar-refractivity contribution in [1.82, 2.24) is 19.5 Å². The summed E-state index contributed by atoms with van der Waals surface area (Å²) >= 11 is 0. The number of hydrogen-bond donors (Lipinski definition) is 0. The maximum absolute atomic E-state index is 5.52. The molecular weight excluding hydrogens is 789 g/mol. The number of fused-ring (bicyclic) bond motifs is 8. The van der Waals surface area contributed by atoms with E-state index in [0.29, 0.717) is 17.5 Å². The molecule has 0 amide bonds. The first-order valence-corrected chi connectivity index (χ1v) is 22.1. The maximum atomic E-state index is 5.52. The van der Waals surface area contributed by atoms with Crippen molar-refractivity contribution in [3.8, 4) is 62.1 Å². The molecule has 2 heterocycles. The Morgan fingerprint density at radius 1 is 0.262 bits per heavy atom. The molecule has 65 heavy (non-hydrogen) atoms. The number of benzene rings is 11. The van der Waals surface area contributed by atoms with Crippen LogP contribution in [0.1, 0.15) is 0 Å². The molecule has 0 N–H and O–H groups in total. The summed E-state index contributed by atoms with van der Waals surface area (Å²) in [6.45, 7) is 0. The minimum absolute atomic E-state index is 0.611. The number of nitrogens with zero attached hydrogens (tertiary/aromatic N) is 4. The van der Waals surface area contributed by atoms with Gasteiger partial charge in [-0.15, -0.1) is 0 Å². The molecule has 0 aliphatic heterocycles. The summed E-state index contributed by atoms with van der Waals surface area (Å²) in [5, 5.41) is 11.7. The highest BCUT2D eigenvalue weighted by Gasteiger charge is 2.29. The van der Waals surface area contributed by atoms with E-state index in [9.17, 15) is 0 Å². The first kappa shape index (κ1) is 36.9. The van der Waals surface area contributed by atoms with Gasteiger partial charge in [0.05, 0.1) is 16.7 Å². The Morgan fingerprint density at radius 3 is 1.45 bits per heavy atom. The summed E-state index contributed by atoms with van der Waals surface area (Å²) in [4.78, 5) is 16.2. The molecule has 0 saturated heterocycles. The van der Waals surface area contributed by atoms with Crippen molar-refractivity contribution in [2.75, 3.05) is 0 Å². The van der Waals surface area contributed by atoms with Gasteiger partial charge in [0.1, 0.15) is 0 Å². The fourth-order valence-electron chi connectivity index (χ4n) is 10.0. The zero-order valence-electron chi connectivity index (χ0n) is 35.2. The van der Waals surface area contributed by atoms with Crippen molar-refractivity contribution in [2.24, 2.45) is 0 Å². The van der Waals surface area contributed by atoms with Gasteiger partial charge in [-0.05, 0) is 61.6 Å². The summed E-state index contributed by atoms with van der Waals surface area (Å²) in [5.41, 5.74) is 10.5. The van der Waals surface area contributed by atoms with Crippen LogP contribution < -0.4 is 0 Å². The lowest BCUT2D eigenvalue weighted by atomic mass is 9.84.